The number of carbonyl (C=O) groups excluding carboxylic acids is 2. The lowest BCUT2D eigenvalue weighted by molar-refractivity contribution is -0.222. The van der Waals surface area contributed by atoms with Gasteiger partial charge in [0.05, 0.1) is 12.2 Å². The molecule has 0 heterocycles. The van der Waals surface area contributed by atoms with Crippen LogP contribution in [0.3, 0.4) is 0 Å². The summed E-state index contributed by atoms with van der Waals surface area (Å²) in [6, 6.07) is 0. The van der Waals surface area contributed by atoms with Crippen LogP contribution >= 0.6 is 0 Å². The molecule has 0 aliphatic heterocycles. The van der Waals surface area contributed by atoms with E-state index in [1.54, 1.807) is 13.8 Å². The van der Waals surface area contributed by atoms with Crippen LogP contribution in [0.2, 0.25) is 0 Å². The van der Waals surface area contributed by atoms with Crippen molar-refractivity contribution in [3.8, 4) is 0 Å². The van der Waals surface area contributed by atoms with E-state index in [4.69, 9.17) is 0 Å². The minimum Gasteiger partial charge on any atom is -0.390 e. The summed E-state index contributed by atoms with van der Waals surface area (Å²) in [6.45, 7) is 2.33. The average molecular weight is 394 g/mol. The summed E-state index contributed by atoms with van der Waals surface area (Å²) in [5.74, 6) is -2.38. The first-order valence-electron chi connectivity index (χ1n) is 9.82. The minimum absolute atomic E-state index is 0.0135. The Morgan fingerprint density at radius 3 is 2.57 bits per heavy atom. The summed E-state index contributed by atoms with van der Waals surface area (Å²) < 4.78 is 16.8. The second-order valence-electron chi connectivity index (χ2n) is 9.36. The van der Waals surface area contributed by atoms with Crippen LogP contribution in [0.25, 0.3) is 0 Å². The molecule has 0 aromatic heterocycles. The van der Waals surface area contributed by atoms with E-state index < -0.39 is 58.5 Å². The predicted octanol–water partition coefficient (Wildman–Crippen LogP) is 0.620. The number of Topliss-reactive ketones (excluding diaryl/α,β-unsaturated/α-hetero) is 1. The normalized spacial score (nSPS) is 52.5. The molecule has 4 aliphatic rings. The van der Waals surface area contributed by atoms with E-state index in [0.717, 1.165) is 0 Å². The van der Waals surface area contributed by atoms with Crippen molar-refractivity contribution < 1.29 is 34.4 Å². The molecule has 0 spiro atoms. The third-order valence-corrected chi connectivity index (χ3v) is 8.43. The number of hydrogen-bond donors (Lipinski definition) is 4. The highest BCUT2D eigenvalue weighted by Gasteiger charge is 2.76. The van der Waals surface area contributed by atoms with E-state index in [1.807, 2.05) is 0 Å². The minimum atomic E-state index is -2.23. The molecule has 0 amide bonds. The van der Waals surface area contributed by atoms with Crippen LogP contribution in [-0.4, -0.2) is 62.1 Å². The Morgan fingerprint density at radius 1 is 1.25 bits per heavy atom. The average Bonchev–Trinajstić information content (AvgIpc) is 2.84. The summed E-state index contributed by atoms with van der Waals surface area (Å²) in [6.07, 6.45) is 1.93. The molecule has 0 radical (unpaired) electrons. The highest BCUT2D eigenvalue weighted by molar-refractivity contribution is 6.01. The van der Waals surface area contributed by atoms with Crippen molar-refractivity contribution >= 4 is 11.6 Å². The van der Waals surface area contributed by atoms with Crippen LogP contribution in [0, 0.1) is 22.7 Å². The largest absolute Gasteiger partial charge is 0.390 e. The standard InChI is InChI=1S/C21H27FO6/c1-18-6-5-12(24)7-11(18)3-4-13-14-8-15(25)21(28,17(27)10-23)19(14,2)9-16(26)20(13,18)22/h5-7,13-16,23,25-26,28H,3-4,8-10H2,1-2H3/t13?,14?,15-,16+,18+,19+,20+,21+/m1/s1. The van der Waals surface area contributed by atoms with Crippen molar-refractivity contribution in [1.29, 1.82) is 0 Å². The molecular formula is C21H27FO6. The first-order chi connectivity index (χ1) is 13.0. The van der Waals surface area contributed by atoms with Gasteiger partial charge in [-0.15, -0.1) is 0 Å². The van der Waals surface area contributed by atoms with Gasteiger partial charge in [0.1, 0.15) is 6.61 Å². The number of ketones is 2. The third kappa shape index (κ3) is 2.01. The van der Waals surface area contributed by atoms with Gasteiger partial charge < -0.3 is 20.4 Å². The van der Waals surface area contributed by atoms with Gasteiger partial charge in [-0.25, -0.2) is 4.39 Å². The van der Waals surface area contributed by atoms with Gasteiger partial charge in [0.2, 0.25) is 0 Å². The summed E-state index contributed by atoms with van der Waals surface area (Å²) in [4.78, 5) is 24.2. The van der Waals surface area contributed by atoms with Gasteiger partial charge in [-0.1, -0.05) is 18.6 Å². The Balaban J connectivity index is 1.84. The monoisotopic (exact) mass is 394 g/mol. The SMILES string of the molecule is C[C@]12C=CC(=O)C=C1CCC1C3C[C@@H](O)[C@](O)(C(=O)CO)[C@@]3(C)C[C@H](O)[C@@]12F. The van der Waals surface area contributed by atoms with Gasteiger partial charge in [0.25, 0.3) is 0 Å². The maximum Gasteiger partial charge on any atom is 0.192 e. The maximum atomic E-state index is 16.8. The number of fused-ring (bicyclic) bond motifs is 5. The van der Waals surface area contributed by atoms with Crippen molar-refractivity contribution in [3.63, 3.8) is 0 Å². The van der Waals surface area contributed by atoms with E-state index in [-0.39, 0.29) is 18.6 Å². The molecule has 0 bridgehead atoms. The topological polar surface area (TPSA) is 115 Å². The second kappa shape index (κ2) is 5.81. The molecule has 7 heteroatoms. The van der Waals surface area contributed by atoms with Gasteiger partial charge in [-0.3, -0.25) is 9.59 Å². The third-order valence-electron chi connectivity index (χ3n) is 8.43. The molecule has 3 saturated carbocycles. The fraction of sp³-hybridized carbons (Fsp3) is 0.714. The first-order valence-corrected chi connectivity index (χ1v) is 9.82. The van der Waals surface area contributed by atoms with Crippen molar-refractivity contribution in [2.75, 3.05) is 6.61 Å². The van der Waals surface area contributed by atoms with Crippen LogP contribution in [0.4, 0.5) is 4.39 Å². The van der Waals surface area contributed by atoms with Gasteiger partial charge >= 0.3 is 0 Å². The van der Waals surface area contributed by atoms with Gasteiger partial charge in [0, 0.05) is 16.7 Å². The first kappa shape index (κ1) is 19.9. The zero-order chi connectivity index (χ0) is 20.7. The zero-order valence-electron chi connectivity index (χ0n) is 16.1. The molecule has 4 N–H and O–H groups in total. The molecule has 4 rings (SSSR count). The molecule has 6 nitrogen and oxygen atoms in total. The predicted molar refractivity (Wildman–Crippen MR) is 96.8 cm³/mol. The van der Waals surface area contributed by atoms with Gasteiger partial charge in [-0.2, -0.15) is 0 Å². The van der Waals surface area contributed by atoms with Crippen molar-refractivity contribution in [2.24, 2.45) is 22.7 Å². The Kier molecular flexibility index (Phi) is 4.13. The van der Waals surface area contributed by atoms with Crippen LogP contribution < -0.4 is 0 Å². The molecule has 2 unspecified atom stereocenters. The number of carbonyl (C=O) groups is 2. The van der Waals surface area contributed by atoms with E-state index in [0.29, 0.717) is 18.4 Å². The summed E-state index contributed by atoms with van der Waals surface area (Å²) in [5.41, 5.74) is -6.12. The quantitative estimate of drug-likeness (QED) is 0.546. The van der Waals surface area contributed by atoms with Gasteiger partial charge in [-0.05, 0) is 50.7 Å². The van der Waals surface area contributed by atoms with Crippen LogP contribution in [0.5, 0.6) is 0 Å². The molecule has 154 valence electrons. The molecule has 4 aliphatic carbocycles. The molecule has 28 heavy (non-hydrogen) atoms. The lowest BCUT2D eigenvalue weighted by Gasteiger charge is -2.62. The van der Waals surface area contributed by atoms with Crippen LogP contribution in [0.15, 0.2) is 23.8 Å². The van der Waals surface area contributed by atoms with E-state index in [2.05, 4.69) is 0 Å². The summed E-state index contributed by atoms with van der Waals surface area (Å²) >= 11 is 0. The Morgan fingerprint density at radius 2 is 1.93 bits per heavy atom. The lowest BCUT2D eigenvalue weighted by atomic mass is 9.44. The maximum absolute atomic E-state index is 16.8. The lowest BCUT2D eigenvalue weighted by Crippen LogP contribution is -2.69. The molecule has 8 atom stereocenters. The van der Waals surface area contributed by atoms with Crippen molar-refractivity contribution in [3.05, 3.63) is 23.8 Å². The Bertz CT molecular complexity index is 807. The Hall–Kier alpha value is -1.41. The molecule has 0 aromatic rings. The summed E-state index contributed by atoms with van der Waals surface area (Å²) in [7, 11) is 0. The van der Waals surface area contributed by atoms with Crippen molar-refractivity contribution in [2.45, 2.75) is 63.0 Å². The van der Waals surface area contributed by atoms with Crippen LogP contribution in [0.1, 0.15) is 39.5 Å². The number of rotatable bonds is 2. The van der Waals surface area contributed by atoms with E-state index >= 15 is 4.39 Å². The number of aliphatic hydroxyl groups excluding tert-OH is 3. The number of aliphatic hydroxyl groups is 4. The number of hydrogen-bond acceptors (Lipinski definition) is 6. The number of halogens is 1. The second-order valence-corrected chi connectivity index (χ2v) is 9.36. The molecule has 3 fully saturated rings. The molecule has 0 aromatic carbocycles. The zero-order valence-corrected chi connectivity index (χ0v) is 16.1. The fourth-order valence-electron chi connectivity index (χ4n) is 6.85. The molecular weight excluding hydrogens is 367 g/mol. The Labute approximate surface area is 162 Å². The number of allylic oxidation sites excluding steroid dienone is 4. The van der Waals surface area contributed by atoms with E-state index in [9.17, 15) is 30.0 Å². The molecule has 0 saturated heterocycles. The smallest absolute Gasteiger partial charge is 0.192 e. The van der Waals surface area contributed by atoms with Crippen molar-refractivity contribution in [1.82, 2.24) is 0 Å². The van der Waals surface area contributed by atoms with Crippen LogP contribution in [-0.2, 0) is 9.59 Å². The number of alkyl halides is 1. The van der Waals surface area contributed by atoms with Gasteiger partial charge in [0.15, 0.2) is 22.8 Å². The van der Waals surface area contributed by atoms with E-state index in [1.165, 1.54) is 18.2 Å². The highest BCUT2D eigenvalue weighted by atomic mass is 19.1. The highest BCUT2D eigenvalue weighted by Crippen LogP contribution is 2.69. The summed E-state index contributed by atoms with van der Waals surface area (Å²) in [5, 5.41) is 42.1. The fourth-order valence-corrected chi connectivity index (χ4v) is 6.85.